The Morgan fingerprint density at radius 3 is 2.43 bits per heavy atom. The van der Waals surface area contributed by atoms with Crippen LogP contribution in [0.3, 0.4) is 0 Å². The molecule has 0 aliphatic carbocycles. The highest BCUT2D eigenvalue weighted by atomic mass is 32.1. The van der Waals surface area contributed by atoms with Crippen molar-refractivity contribution >= 4 is 50.7 Å². The van der Waals surface area contributed by atoms with Crippen molar-refractivity contribution in [3.8, 4) is 0 Å². The third kappa shape index (κ3) is 3.37. The molecule has 4 rings (SSSR count). The van der Waals surface area contributed by atoms with E-state index in [1.54, 1.807) is 12.1 Å². The Morgan fingerprint density at radius 1 is 0.964 bits per heavy atom. The maximum absolute atomic E-state index is 12.3. The maximum atomic E-state index is 12.3. The number of para-hydroxylation sites is 1. The minimum Gasteiger partial charge on any atom is -0.341 e. The molecular formula is C23H21N3OS. The second-order valence-corrected chi connectivity index (χ2v) is 7.18. The van der Waals surface area contributed by atoms with Gasteiger partial charge in [-0.1, -0.05) is 35.9 Å². The molecular weight excluding hydrogens is 366 g/mol. The van der Waals surface area contributed by atoms with Crippen LogP contribution in [0.1, 0.15) is 22.8 Å². The molecule has 1 heterocycles. The lowest BCUT2D eigenvalue weighted by atomic mass is 10.1. The van der Waals surface area contributed by atoms with Crippen molar-refractivity contribution in [2.24, 2.45) is 0 Å². The quantitative estimate of drug-likeness (QED) is 0.472. The van der Waals surface area contributed by atoms with Gasteiger partial charge in [-0.05, 0) is 62.5 Å². The fraction of sp³-hybridized carbons (Fsp3) is 0.130. The number of hydrogen-bond acceptors (Lipinski definition) is 2. The number of anilines is 1. The summed E-state index contributed by atoms with van der Waals surface area (Å²) in [5.41, 5.74) is 4.94. The predicted molar refractivity (Wildman–Crippen MR) is 120 cm³/mol. The molecule has 140 valence electrons. The van der Waals surface area contributed by atoms with E-state index in [2.05, 4.69) is 52.5 Å². The summed E-state index contributed by atoms with van der Waals surface area (Å²) in [5, 5.41) is 8.52. The average molecular weight is 388 g/mol. The van der Waals surface area contributed by atoms with E-state index in [9.17, 15) is 4.79 Å². The number of amides is 1. The van der Waals surface area contributed by atoms with Gasteiger partial charge < -0.3 is 9.88 Å². The third-order valence-corrected chi connectivity index (χ3v) is 5.09. The van der Waals surface area contributed by atoms with E-state index >= 15 is 0 Å². The number of nitrogens with one attached hydrogen (secondary N) is 2. The second-order valence-electron chi connectivity index (χ2n) is 6.77. The van der Waals surface area contributed by atoms with Crippen molar-refractivity contribution in [3.63, 3.8) is 0 Å². The standard InChI is InChI=1S/C23H21N3OS/c1-3-26-20-7-5-4-6-18(20)19-14-17(12-13-21(19)26)24-23(28)25-22(27)16-10-8-15(2)9-11-16/h4-14H,3H2,1-2H3,(H2,24,25,27,28). The molecule has 0 saturated carbocycles. The Morgan fingerprint density at radius 2 is 1.68 bits per heavy atom. The highest BCUT2D eigenvalue weighted by Crippen LogP contribution is 2.30. The molecule has 0 unspecified atom stereocenters. The van der Waals surface area contributed by atoms with Gasteiger partial charge in [-0.3, -0.25) is 10.1 Å². The van der Waals surface area contributed by atoms with Crippen LogP contribution in [0.15, 0.2) is 66.7 Å². The molecule has 4 nitrogen and oxygen atoms in total. The van der Waals surface area contributed by atoms with E-state index in [4.69, 9.17) is 12.2 Å². The molecule has 0 atom stereocenters. The Bertz CT molecular complexity index is 1190. The van der Waals surface area contributed by atoms with Crippen LogP contribution in [-0.4, -0.2) is 15.6 Å². The van der Waals surface area contributed by atoms with E-state index in [0.29, 0.717) is 5.56 Å². The van der Waals surface area contributed by atoms with Gasteiger partial charge in [0, 0.05) is 39.6 Å². The number of carbonyl (C=O) groups excluding carboxylic acids is 1. The summed E-state index contributed by atoms with van der Waals surface area (Å²) in [5.74, 6) is -0.221. The topological polar surface area (TPSA) is 46.1 Å². The van der Waals surface area contributed by atoms with Gasteiger partial charge in [-0.15, -0.1) is 0 Å². The van der Waals surface area contributed by atoms with Crippen molar-refractivity contribution in [2.75, 3.05) is 5.32 Å². The lowest BCUT2D eigenvalue weighted by molar-refractivity contribution is 0.0977. The van der Waals surface area contributed by atoms with Crippen molar-refractivity contribution in [1.82, 2.24) is 9.88 Å². The molecule has 0 radical (unpaired) electrons. The number of benzene rings is 3. The summed E-state index contributed by atoms with van der Waals surface area (Å²) in [6.45, 7) is 5.04. The molecule has 0 bridgehead atoms. The van der Waals surface area contributed by atoms with E-state index in [0.717, 1.165) is 23.2 Å². The summed E-state index contributed by atoms with van der Waals surface area (Å²) in [6, 6.07) is 21.9. The number of aromatic nitrogens is 1. The zero-order valence-electron chi connectivity index (χ0n) is 15.8. The molecule has 4 aromatic rings. The lowest BCUT2D eigenvalue weighted by Gasteiger charge is -2.10. The minimum atomic E-state index is -0.221. The molecule has 1 amide bonds. The summed E-state index contributed by atoms with van der Waals surface area (Å²) in [6.07, 6.45) is 0. The zero-order chi connectivity index (χ0) is 19.7. The summed E-state index contributed by atoms with van der Waals surface area (Å²) < 4.78 is 2.30. The van der Waals surface area contributed by atoms with Crippen LogP contribution in [0.25, 0.3) is 21.8 Å². The Labute approximate surface area is 169 Å². The number of carbonyl (C=O) groups is 1. The van der Waals surface area contributed by atoms with Crippen LogP contribution in [-0.2, 0) is 6.54 Å². The molecule has 0 fully saturated rings. The van der Waals surface area contributed by atoms with E-state index < -0.39 is 0 Å². The molecule has 28 heavy (non-hydrogen) atoms. The maximum Gasteiger partial charge on any atom is 0.257 e. The van der Waals surface area contributed by atoms with Crippen molar-refractivity contribution in [1.29, 1.82) is 0 Å². The molecule has 3 aromatic carbocycles. The monoisotopic (exact) mass is 387 g/mol. The van der Waals surface area contributed by atoms with E-state index in [1.165, 1.54) is 16.4 Å². The fourth-order valence-corrected chi connectivity index (χ4v) is 3.73. The SMILES string of the molecule is CCn1c2ccccc2c2cc(NC(=S)NC(=O)c3ccc(C)cc3)ccc21. The van der Waals surface area contributed by atoms with Gasteiger partial charge in [0.25, 0.3) is 5.91 Å². The van der Waals surface area contributed by atoms with Gasteiger partial charge in [0.15, 0.2) is 5.11 Å². The third-order valence-electron chi connectivity index (χ3n) is 4.89. The predicted octanol–water partition coefficient (Wildman–Crippen LogP) is 5.25. The van der Waals surface area contributed by atoms with Crippen LogP contribution < -0.4 is 10.6 Å². The van der Waals surface area contributed by atoms with Crippen LogP contribution >= 0.6 is 12.2 Å². The van der Waals surface area contributed by atoms with Crippen LogP contribution in [0, 0.1) is 6.92 Å². The first-order valence-electron chi connectivity index (χ1n) is 9.27. The van der Waals surface area contributed by atoms with Gasteiger partial charge in [-0.25, -0.2) is 0 Å². The molecule has 0 spiro atoms. The zero-order valence-corrected chi connectivity index (χ0v) is 16.6. The van der Waals surface area contributed by atoms with Crippen LogP contribution in [0.2, 0.25) is 0 Å². The Balaban J connectivity index is 1.58. The molecule has 5 heteroatoms. The van der Waals surface area contributed by atoms with E-state index in [-0.39, 0.29) is 11.0 Å². The van der Waals surface area contributed by atoms with Crippen molar-refractivity contribution in [3.05, 3.63) is 77.9 Å². The highest BCUT2D eigenvalue weighted by molar-refractivity contribution is 7.80. The number of hydrogen-bond donors (Lipinski definition) is 2. The first kappa shape index (κ1) is 18.2. The van der Waals surface area contributed by atoms with Gasteiger partial charge >= 0.3 is 0 Å². The Kier molecular flexibility index (Phi) is 4.84. The molecule has 0 aliphatic rings. The first-order chi connectivity index (χ1) is 13.6. The van der Waals surface area contributed by atoms with Crippen molar-refractivity contribution in [2.45, 2.75) is 20.4 Å². The molecule has 1 aromatic heterocycles. The van der Waals surface area contributed by atoms with Crippen molar-refractivity contribution < 1.29 is 4.79 Å². The largest absolute Gasteiger partial charge is 0.341 e. The smallest absolute Gasteiger partial charge is 0.257 e. The molecule has 2 N–H and O–H groups in total. The van der Waals surface area contributed by atoms with Gasteiger partial charge in [0.05, 0.1) is 0 Å². The Hall–Kier alpha value is -3.18. The summed E-state index contributed by atoms with van der Waals surface area (Å²) >= 11 is 5.34. The number of thiocarbonyl (C=S) groups is 1. The summed E-state index contributed by atoms with van der Waals surface area (Å²) in [7, 11) is 0. The molecule has 0 saturated heterocycles. The average Bonchev–Trinajstić information content (AvgIpc) is 3.01. The second kappa shape index (κ2) is 7.44. The minimum absolute atomic E-state index is 0.221. The van der Waals surface area contributed by atoms with Gasteiger partial charge in [0.1, 0.15) is 0 Å². The number of rotatable bonds is 3. The number of nitrogens with zero attached hydrogens (tertiary/aromatic N) is 1. The molecule has 0 aliphatic heterocycles. The van der Waals surface area contributed by atoms with Gasteiger partial charge in [-0.2, -0.15) is 0 Å². The van der Waals surface area contributed by atoms with Gasteiger partial charge in [0.2, 0.25) is 0 Å². The highest BCUT2D eigenvalue weighted by Gasteiger charge is 2.11. The summed E-state index contributed by atoms with van der Waals surface area (Å²) in [4.78, 5) is 12.3. The van der Waals surface area contributed by atoms with E-state index in [1.807, 2.05) is 31.2 Å². The number of fused-ring (bicyclic) bond motifs is 3. The normalized spacial score (nSPS) is 10.9. The fourth-order valence-electron chi connectivity index (χ4n) is 3.51. The first-order valence-corrected chi connectivity index (χ1v) is 9.67. The number of aryl methyl sites for hydroxylation is 2. The lowest BCUT2D eigenvalue weighted by Crippen LogP contribution is -2.34. The van der Waals surface area contributed by atoms with Crippen LogP contribution in [0.4, 0.5) is 5.69 Å². The van der Waals surface area contributed by atoms with Crippen LogP contribution in [0.5, 0.6) is 0 Å².